The number of ketones is 1. The molecule has 2 unspecified atom stereocenters. The van der Waals surface area contributed by atoms with E-state index in [4.69, 9.17) is 4.74 Å². The molecule has 1 amide bonds. The number of hydrogen-bond acceptors (Lipinski definition) is 5. The van der Waals surface area contributed by atoms with Crippen molar-refractivity contribution in [3.8, 4) is 5.75 Å². The van der Waals surface area contributed by atoms with Crippen LogP contribution in [0.3, 0.4) is 0 Å². The molecule has 0 bridgehead atoms. The molecule has 34 heavy (non-hydrogen) atoms. The first-order valence-electron chi connectivity index (χ1n) is 11.2. The van der Waals surface area contributed by atoms with Gasteiger partial charge in [0, 0.05) is 43.0 Å². The van der Waals surface area contributed by atoms with Gasteiger partial charge >= 0.3 is 0 Å². The summed E-state index contributed by atoms with van der Waals surface area (Å²) in [5.74, 6) is -1.70. The SMILES string of the molecule is CC1Cc2cc(/C(O)=C3/C(=O)C(=O)N(CCCn4ccnc4)C3c3ccccc3F)ccc2O1. The van der Waals surface area contributed by atoms with Crippen molar-refractivity contribution in [3.63, 3.8) is 0 Å². The number of carbonyl (C=O) groups excluding carboxylic acids is 2. The van der Waals surface area contributed by atoms with Crippen LogP contribution in [0, 0.1) is 5.82 Å². The summed E-state index contributed by atoms with van der Waals surface area (Å²) < 4.78 is 22.5. The van der Waals surface area contributed by atoms with E-state index in [0.29, 0.717) is 24.9 Å². The number of aliphatic hydroxyl groups excluding tert-OH is 1. The second kappa shape index (κ2) is 8.78. The lowest BCUT2D eigenvalue weighted by Crippen LogP contribution is -2.31. The number of ether oxygens (including phenoxy) is 1. The van der Waals surface area contributed by atoms with Gasteiger partial charge in [0.15, 0.2) is 0 Å². The smallest absolute Gasteiger partial charge is 0.295 e. The molecule has 2 aliphatic heterocycles. The Labute approximate surface area is 196 Å². The molecular formula is C26H24FN3O4. The maximum Gasteiger partial charge on any atom is 0.295 e. The van der Waals surface area contributed by atoms with Crippen LogP contribution >= 0.6 is 0 Å². The van der Waals surface area contributed by atoms with Crippen molar-refractivity contribution in [3.05, 3.63) is 89.3 Å². The molecule has 0 spiro atoms. The van der Waals surface area contributed by atoms with Crippen LogP contribution in [-0.2, 0) is 22.6 Å². The number of aryl methyl sites for hydroxylation is 1. The van der Waals surface area contributed by atoms with Crippen molar-refractivity contribution >= 4 is 17.4 Å². The van der Waals surface area contributed by atoms with Gasteiger partial charge < -0.3 is 19.3 Å². The summed E-state index contributed by atoms with van der Waals surface area (Å²) in [4.78, 5) is 31.5. The average Bonchev–Trinajstić information content (AvgIpc) is 3.53. The van der Waals surface area contributed by atoms with Crippen molar-refractivity contribution in [1.82, 2.24) is 14.5 Å². The standard InChI is InChI=1S/C26H24FN3O4/c1-16-13-18-14-17(7-8-21(18)34-16)24(31)22-23(19-5-2-3-6-20(19)27)30(26(33)25(22)32)11-4-10-29-12-9-28-15-29/h2-3,5-9,12,14-16,23,31H,4,10-11,13H2,1H3/b24-22-. The third kappa shape index (κ3) is 3.85. The number of aliphatic hydroxyl groups is 1. The van der Waals surface area contributed by atoms with Gasteiger partial charge in [0.1, 0.15) is 23.4 Å². The van der Waals surface area contributed by atoms with Crippen LogP contribution in [0.15, 0.2) is 66.8 Å². The number of halogens is 1. The highest BCUT2D eigenvalue weighted by molar-refractivity contribution is 6.46. The van der Waals surface area contributed by atoms with Crippen molar-refractivity contribution in [1.29, 1.82) is 0 Å². The van der Waals surface area contributed by atoms with E-state index in [1.807, 2.05) is 11.5 Å². The summed E-state index contributed by atoms with van der Waals surface area (Å²) in [5, 5.41) is 11.2. The van der Waals surface area contributed by atoms with Gasteiger partial charge in [-0.1, -0.05) is 18.2 Å². The van der Waals surface area contributed by atoms with Crippen LogP contribution in [0.5, 0.6) is 5.75 Å². The van der Waals surface area contributed by atoms with Gasteiger partial charge in [-0.2, -0.15) is 0 Å². The lowest BCUT2D eigenvalue weighted by molar-refractivity contribution is -0.140. The lowest BCUT2D eigenvalue weighted by atomic mass is 9.94. The summed E-state index contributed by atoms with van der Waals surface area (Å²) in [7, 11) is 0. The van der Waals surface area contributed by atoms with Gasteiger partial charge in [0.2, 0.25) is 0 Å². The third-order valence-electron chi connectivity index (χ3n) is 6.28. The van der Waals surface area contributed by atoms with E-state index in [1.54, 1.807) is 55.1 Å². The zero-order valence-corrected chi connectivity index (χ0v) is 18.6. The second-order valence-electron chi connectivity index (χ2n) is 8.62. The van der Waals surface area contributed by atoms with Crippen molar-refractivity contribution in [2.24, 2.45) is 0 Å². The third-order valence-corrected chi connectivity index (χ3v) is 6.28. The topological polar surface area (TPSA) is 84.7 Å². The van der Waals surface area contributed by atoms with Crippen LogP contribution in [0.1, 0.15) is 36.1 Å². The number of Topliss-reactive ketones (excluding diaryl/α,β-unsaturated/α-hetero) is 1. The fourth-order valence-electron chi connectivity index (χ4n) is 4.70. The van der Waals surface area contributed by atoms with Gasteiger partial charge in [-0.15, -0.1) is 0 Å². The summed E-state index contributed by atoms with van der Waals surface area (Å²) in [6.07, 6.45) is 6.36. The number of nitrogens with zero attached hydrogens (tertiary/aromatic N) is 3. The molecule has 0 radical (unpaired) electrons. The van der Waals surface area contributed by atoms with Gasteiger partial charge in [0.05, 0.1) is 17.9 Å². The van der Waals surface area contributed by atoms with Crippen LogP contribution in [0.4, 0.5) is 4.39 Å². The summed E-state index contributed by atoms with van der Waals surface area (Å²) in [6, 6.07) is 10.2. The number of aromatic nitrogens is 2. The maximum absolute atomic E-state index is 14.9. The Morgan fingerprint density at radius 1 is 1.21 bits per heavy atom. The first-order valence-corrected chi connectivity index (χ1v) is 11.2. The Balaban J connectivity index is 1.54. The molecule has 0 saturated carbocycles. The molecule has 0 aliphatic carbocycles. The Hall–Kier alpha value is -3.94. The van der Waals surface area contributed by atoms with Crippen LogP contribution in [-0.4, -0.2) is 43.9 Å². The number of likely N-dealkylation sites (tertiary alicyclic amines) is 1. The molecule has 1 saturated heterocycles. The first kappa shape index (κ1) is 21.9. The van der Waals surface area contributed by atoms with E-state index >= 15 is 0 Å². The lowest BCUT2D eigenvalue weighted by Gasteiger charge is -2.25. The van der Waals surface area contributed by atoms with Crippen LogP contribution in [0.25, 0.3) is 5.76 Å². The number of fused-ring (bicyclic) bond motifs is 1. The molecule has 2 aromatic carbocycles. The Kier molecular flexibility index (Phi) is 5.65. The highest BCUT2D eigenvalue weighted by Gasteiger charge is 2.46. The Bertz CT molecular complexity index is 1280. The molecule has 5 rings (SSSR count). The highest BCUT2D eigenvalue weighted by atomic mass is 19.1. The van der Waals surface area contributed by atoms with Gasteiger partial charge in [-0.3, -0.25) is 9.59 Å². The van der Waals surface area contributed by atoms with E-state index in [9.17, 15) is 19.1 Å². The fraction of sp³-hybridized carbons (Fsp3) is 0.269. The second-order valence-corrected chi connectivity index (χ2v) is 8.62. The van der Waals surface area contributed by atoms with Crippen molar-refractivity contribution in [2.75, 3.05) is 6.54 Å². The molecule has 2 aliphatic rings. The number of benzene rings is 2. The first-order chi connectivity index (χ1) is 16.4. The normalized spacial score (nSPS) is 21.1. The maximum atomic E-state index is 14.9. The molecule has 3 heterocycles. The molecule has 1 N–H and O–H groups in total. The van der Waals surface area contributed by atoms with E-state index < -0.39 is 23.5 Å². The number of imidazole rings is 1. The molecular weight excluding hydrogens is 437 g/mol. The highest BCUT2D eigenvalue weighted by Crippen LogP contribution is 2.41. The molecule has 7 nitrogen and oxygen atoms in total. The van der Waals surface area contributed by atoms with Gasteiger partial charge in [-0.25, -0.2) is 9.37 Å². The Morgan fingerprint density at radius 3 is 2.79 bits per heavy atom. The minimum Gasteiger partial charge on any atom is -0.507 e. The number of amides is 1. The average molecular weight is 461 g/mol. The monoisotopic (exact) mass is 461 g/mol. The van der Waals surface area contributed by atoms with E-state index in [0.717, 1.165) is 11.3 Å². The number of carbonyl (C=O) groups is 2. The number of rotatable bonds is 6. The predicted molar refractivity (Wildman–Crippen MR) is 122 cm³/mol. The molecule has 174 valence electrons. The molecule has 8 heteroatoms. The van der Waals surface area contributed by atoms with E-state index in [1.165, 1.54) is 11.0 Å². The van der Waals surface area contributed by atoms with Crippen LogP contribution < -0.4 is 4.74 Å². The molecule has 1 aromatic heterocycles. The Morgan fingerprint density at radius 2 is 2.03 bits per heavy atom. The molecule has 3 aromatic rings. The zero-order valence-electron chi connectivity index (χ0n) is 18.6. The van der Waals surface area contributed by atoms with E-state index in [-0.39, 0.29) is 29.5 Å². The summed E-state index contributed by atoms with van der Waals surface area (Å²) in [6.45, 7) is 2.75. The quantitative estimate of drug-likeness (QED) is 0.342. The van der Waals surface area contributed by atoms with E-state index in [2.05, 4.69) is 4.98 Å². The van der Waals surface area contributed by atoms with Crippen molar-refractivity contribution < 1.29 is 23.8 Å². The van der Waals surface area contributed by atoms with Gasteiger partial charge in [0.25, 0.3) is 11.7 Å². The number of hydrogen-bond donors (Lipinski definition) is 1. The summed E-state index contributed by atoms with van der Waals surface area (Å²) >= 11 is 0. The minimum atomic E-state index is -1.02. The molecule has 2 atom stereocenters. The van der Waals surface area contributed by atoms with Crippen LogP contribution in [0.2, 0.25) is 0 Å². The summed E-state index contributed by atoms with van der Waals surface area (Å²) in [5.41, 5.74) is 1.37. The predicted octanol–water partition coefficient (Wildman–Crippen LogP) is 3.86. The fourth-order valence-corrected chi connectivity index (χ4v) is 4.70. The van der Waals surface area contributed by atoms with Gasteiger partial charge in [-0.05, 0) is 43.2 Å². The zero-order chi connectivity index (χ0) is 23.8. The van der Waals surface area contributed by atoms with Crippen molar-refractivity contribution in [2.45, 2.75) is 38.5 Å². The molecule has 1 fully saturated rings. The minimum absolute atomic E-state index is 0.0203. The largest absolute Gasteiger partial charge is 0.507 e.